The Kier molecular flexibility index (Phi) is 6.12. The van der Waals surface area contributed by atoms with Gasteiger partial charge in [-0.2, -0.15) is 13.2 Å². The molecule has 5 rings (SSSR count). The third-order valence-corrected chi connectivity index (χ3v) is 6.62. The fourth-order valence-electron chi connectivity index (χ4n) is 4.11. The number of hydrogen-bond acceptors (Lipinski definition) is 4. The molecule has 0 amide bonds. The van der Waals surface area contributed by atoms with Gasteiger partial charge in [0.2, 0.25) is 0 Å². The van der Waals surface area contributed by atoms with Crippen LogP contribution < -0.4 is 9.80 Å². The van der Waals surface area contributed by atoms with Crippen LogP contribution in [0.2, 0.25) is 5.02 Å². The molecule has 0 unspecified atom stereocenters. The fraction of sp³-hybridized carbons (Fsp3) is 0.200. The van der Waals surface area contributed by atoms with Crippen LogP contribution in [0.4, 0.5) is 24.7 Å². The molecule has 4 nitrogen and oxygen atoms in total. The number of rotatable bonds is 3. The zero-order valence-electron chi connectivity index (χ0n) is 17.9. The minimum absolute atomic E-state index is 0.570. The van der Waals surface area contributed by atoms with Gasteiger partial charge in [0.25, 0.3) is 0 Å². The summed E-state index contributed by atoms with van der Waals surface area (Å²) in [4.78, 5) is 13.7. The van der Waals surface area contributed by atoms with Crippen LogP contribution in [0.25, 0.3) is 22.3 Å². The highest BCUT2D eigenvalue weighted by Crippen LogP contribution is 2.33. The molecular weight excluding hydrogens is 529 g/mol. The van der Waals surface area contributed by atoms with E-state index in [4.69, 9.17) is 21.6 Å². The van der Waals surface area contributed by atoms with Crippen molar-refractivity contribution in [2.24, 2.45) is 0 Å². The van der Waals surface area contributed by atoms with Crippen LogP contribution in [0.15, 0.2) is 71.2 Å². The summed E-state index contributed by atoms with van der Waals surface area (Å²) in [5.74, 6) is 1.38. The lowest BCUT2D eigenvalue weighted by Crippen LogP contribution is -2.47. The number of aromatic nitrogens is 2. The quantitative estimate of drug-likeness (QED) is 0.275. The van der Waals surface area contributed by atoms with E-state index in [2.05, 4.69) is 20.8 Å². The van der Waals surface area contributed by atoms with Gasteiger partial charge < -0.3 is 9.80 Å². The Morgan fingerprint density at radius 3 is 2.24 bits per heavy atom. The summed E-state index contributed by atoms with van der Waals surface area (Å²) in [7, 11) is 0. The summed E-state index contributed by atoms with van der Waals surface area (Å²) in [5, 5.41) is 1.44. The first-order valence-electron chi connectivity index (χ1n) is 10.7. The first-order chi connectivity index (χ1) is 16.3. The van der Waals surface area contributed by atoms with Gasteiger partial charge in [-0.25, -0.2) is 9.97 Å². The van der Waals surface area contributed by atoms with E-state index in [0.717, 1.165) is 32.8 Å². The van der Waals surface area contributed by atoms with Crippen LogP contribution in [-0.4, -0.2) is 36.1 Å². The van der Waals surface area contributed by atoms with Gasteiger partial charge in [0, 0.05) is 52.3 Å². The highest BCUT2D eigenvalue weighted by molar-refractivity contribution is 9.10. The topological polar surface area (TPSA) is 32.3 Å². The second-order valence-corrected chi connectivity index (χ2v) is 9.41. The number of benzene rings is 3. The Labute approximate surface area is 208 Å². The smallest absolute Gasteiger partial charge is 0.368 e. The molecule has 1 aliphatic heterocycles. The minimum Gasteiger partial charge on any atom is -0.368 e. The predicted octanol–water partition coefficient (Wildman–Crippen LogP) is 7.06. The number of alkyl halides is 3. The van der Waals surface area contributed by atoms with Gasteiger partial charge in [-0.3, -0.25) is 0 Å². The molecule has 9 heteroatoms. The maximum absolute atomic E-state index is 13.1. The number of nitrogens with zero attached hydrogens (tertiary/aromatic N) is 4. The van der Waals surface area contributed by atoms with Crippen molar-refractivity contribution >= 4 is 49.9 Å². The van der Waals surface area contributed by atoms with E-state index in [0.29, 0.717) is 42.7 Å². The highest BCUT2D eigenvalue weighted by Gasteiger charge is 2.31. The number of fused-ring (bicyclic) bond motifs is 1. The van der Waals surface area contributed by atoms with Crippen LogP contribution in [-0.2, 0) is 6.18 Å². The number of piperazine rings is 1. The molecule has 0 spiro atoms. The summed E-state index contributed by atoms with van der Waals surface area (Å²) < 4.78 is 40.4. The molecule has 2 heterocycles. The molecule has 1 saturated heterocycles. The van der Waals surface area contributed by atoms with Crippen molar-refractivity contribution in [3.05, 3.63) is 81.8 Å². The lowest BCUT2D eigenvalue weighted by atomic mass is 10.1. The third-order valence-electron chi connectivity index (χ3n) is 5.86. The van der Waals surface area contributed by atoms with Crippen molar-refractivity contribution in [3.63, 3.8) is 0 Å². The first-order valence-corrected chi connectivity index (χ1v) is 11.9. The summed E-state index contributed by atoms with van der Waals surface area (Å²) in [5.41, 5.74) is 1.61. The van der Waals surface area contributed by atoms with Crippen molar-refractivity contribution < 1.29 is 13.2 Å². The molecule has 0 aliphatic carbocycles. The monoisotopic (exact) mass is 546 g/mol. The Balaban J connectivity index is 1.45. The van der Waals surface area contributed by atoms with E-state index in [-0.39, 0.29) is 0 Å². The molecule has 34 heavy (non-hydrogen) atoms. The maximum atomic E-state index is 13.1. The molecule has 0 N–H and O–H groups in total. The molecule has 0 radical (unpaired) electrons. The first kappa shape index (κ1) is 22.9. The van der Waals surface area contributed by atoms with Crippen molar-refractivity contribution in [3.8, 4) is 11.4 Å². The van der Waals surface area contributed by atoms with E-state index in [1.807, 2.05) is 41.3 Å². The normalized spacial score (nSPS) is 14.6. The molecule has 0 atom stereocenters. The standard InChI is InChI=1S/C25H19BrClF3N4/c26-18-6-4-16(5-7-18)23-31-22-9-8-19(27)15-21(22)24(32-23)34-12-10-33(11-13-34)20-3-1-2-17(14-20)25(28,29)30/h1-9,14-15H,10-13H2. The largest absolute Gasteiger partial charge is 0.416 e. The average Bonchev–Trinajstić information content (AvgIpc) is 2.83. The van der Waals surface area contributed by atoms with Crippen LogP contribution >= 0.6 is 27.5 Å². The van der Waals surface area contributed by atoms with Crippen molar-refractivity contribution in [1.82, 2.24) is 9.97 Å². The lowest BCUT2D eigenvalue weighted by molar-refractivity contribution is -0.137. The van der Waals surface area contributed by atoms with Gasteiger partial charge in [-0.15, -0.1) is 0 Å². The Morgan fingerprint density at radius 1 is 0.824 bits per heavy atom. The van der Waals surface area contributed by atoms with Gasteiger partial charge in [-0.05, 0) is 48.5 Å². The summed E-state index contributed by atoms with van der Waals surface area (Å²) in [6.45, 7) is 2.35. The van der Waals surface area contributed by atoms with Crippen LogP contribution in [0.5, 0.6) is 0 Å². The molecule has 174 valence electrons. The van der Waals surface area contributed by atoms with Crippen LogP contribution in [0.1, 0.15) is 5.56 Å². The zero-order valence-corrected chi connectivity index (χ0v) is 20.2. The van der Waals surface area contributed by atoms with Crippen LogP contribution in [0.3, 0.4) is 0 Å². The number of halogens is 5. The SMILES string of the molecule is FC(F)(F)c1cccc(N2CCN(c3nc(-c4ccc(Br)cc4)nc4ccc(Cl)cc34)CC2)c1. The Morgan fingerprint density at radius 2 is 1.53 bits per heavy atom. The molecule has 1 aromatic heterocycles. The van der Waals surface area contributed by atoms with E-state index in [9.17, 15) is 13.2 Å². The van der Waals surface area contributed by atoms with Gasteiger partial charge >= 0.3 is 6.18 Å². The second kappa shape index (κ2) is 9.07. The molecular formula is C25H19BrClF3N4. The van der Waals surface area contributed by atoms with E-state index >= 15 is 0 Å². The molecule has 3 aromatic carbocycles. The van der Waals surface area contributed by atoms with E-state index < -0.39 is 11.7 Å². The van der Waals surface area contributed by atoms with E-state index in [1.54, 1.807) is 12.1 Å². The third kappa shape index (κ3) is 4.70. The average molecular weight is 548 g/mol. The Hall–Kier alpha value is -2.84. The van der Waals surface area contributed by atoms with Crippen molar-refractivity contribution in [1.29, 1.82) is 0 Å². The number of anilines is 2. The summed E-state index contributed by atoms with van der Waals surface area (Å²) in [6, 6.07) is 18.8. The summed E-state index contributed by atoms with van der Waals surface area (Å²) in [6.07, 6.45) is -4.36. The van der Waals surface area contributed by atoms with Crippen molar-refractivity contribution in [2.75, 3.05) is 36.0 Å². The predicted molar refractivity (Wildman–Crippen MR) is 134 cm³/mol. The summed E-state index contributed by atoms with van der Waals surface area (Å²) >= 11 is 9.73. The molecule has 1 aliphatic rings. The molecule has 0 bridgehead atoms. The van der Waals surface area contributed by atoms with Crippen LogP contribution in [0, 0.1) is 0 Å². The zero-order chi connectivity index (χ0) is 23.9. The van der Waals surface area contributed by atoms with Gasteiger partial charge in [0.15, 0.2) is 5.82 Å². The van der Waals surface area contributed by atoms with Gasteiger partial charge in [-0.1, -0.05) is 45.7 Å². The molecule has 0 saturated carbocycles. The molecule has 4 aromatic rings. The maximum Gasteiger partial charge on any atom is 0.416 e. The Bertz CT molecular complexity index is 1340. The molecule has 1 fully saturated rings. The highest BCUT2D eigenvalue weighted by atomic mass is 79.9. The van der Waals surface area contributed by atoms with Gasteiger partial charge in [0.1, 0.15) is 5.82 Å². The minimum atomic E-state index is -4.36. The van der Waals surface area contributed by atoms with E-state index in [1.165, 1.54) is 12.1 Å². The lowest BCUT2D eigenvalue weighted by Gasteiger charge is -2.37. The van der Waals surface area contributed by atoms with Gasteiger partial charge in [0.05, 0.1) is 11.1 Å². The number of hydrogen-bond donors (Lipinski definition) is 0. The van der Waals surface area contributed by atoms with Crippen molar-refractivity contribution in [2.45, 2.75) is 6.18 Å². The fourth-order valence-corrected chi connectivity index (χ4v) is 4.55. The second-order valence-electron chi connectivity index (χ2n) is 8.06.